The fourth-order valence-corrected chi connectivity index (χ4v) is 7.83. The fraction of sp³-hybridized carbons (Fsp3) is 0.206. The highest BCUT2D eigenvalue weighted by Crippen LogP contribution is 2.50. The number of pyridine rings is 2. The van der Waals surface area contributed by atoms with Crippen LogP contribution >= 0.6 is 22.9 Å². The number of aryl methyl sites for hydroxylation is 2. The number of amides is 1. The average molecular weight is 671 g/mol. The number of H-pyrrole nitrogens is 1. The van der Waals surface area contributed by atoms with E-state index in [4.69, 9.17) is 21.1 Å². The summed E-state index contributed by atoms with van der Waals surface area (Å²) in [5.41, 5.74) is 4.60. The number of halogens is 3. The van der Waals surface area contributed by atoms with Crippen LogP contribution in [0.5, 0.6) is 0 Å². The Labute approximate surface area is 275 Å². The van der Waals surface area contributed by atoms with E-state index in [1.807, 2.05) is 17.0 Å². The van der Waals surface area contributed by atoms with Crippen LogP contribution in [-0.4, -0.2) is 37.5 Å². The van der Waals surface area contributed by atoms with E-state index in [0.29, 0.717) is 65.4 Å². The highest BCUT2D eigenvalue weighted by atomic mass is 35.5. The zero-order chi connectivity index (χ0) is 32.2. The monoisotopic (exact) mass is 670 g/mol. The van der Waals surface area contributed by atoms with Gasteiger partial charge in [-0.3, -0.25) is 19.3 Å². The second-order valence-electron chi connectivity index (χ2n) is 11.6. The fourth-order valence-electron chi connectivity index (χ4n) is 6.53. The number of benzene rings is 2. The molecule has 6 heterocycles. The van der Waals surface area contributed by atoms with Crippen molar-refractivity contribution in [2.45, 2.75) is 38.3 Å². The minimum Gasteiger partial charge on any atom is -0.365 e. The topological polar surface area (TPSA) is 117 Å². The molecule has 1 fully saturated rings. The molecule has 0 saturated carbocycles. The Morgan fingerprint density at radius 3 is 2.64 bits per heavy atom. The molecule has 1 atom stereocenters. The molecule has 0 bridgehead atoms. The third-order valence-electron chi connectivity index (χ3n) is 8.71. The van der Waals surface area contributed by atoms with E-state index in [0.717, 1.165) is 33.4 Å². The normalized spacial score (nSPS) is 15.4. The molecule has 2 aliphatic heterocycles. The predicted molar refractivity (Wildman–Crippen MR) is 175 cm³/mol. The minimum atomic E-state index is -0.728. The first kappa shape index (κ1) is 29.5. The predicted octanol–water partition coefficient (Wildman–Crippen LogP) is 7.32. The van der Waals surface area contributed by atoms with Gasteiger partial charge in [0, 0.05) is 29.7 Å². The number of aromatic nitrogens is 4. The summed E-state index contributed by atoms with van der Waals surface area (Å²) >= 11 is 7.31. The van der Waals surface area contributed by atoms with E-state index in [2.05, 4.69) is 20.4 Å². The smallest absolute Gasteiger partial charge is 0.365 e. The molecule has 0 radical (unpaired) electrons. The van der Waals surface area contributed by atoms with Crippen LogP contribution in [0.1, 0.15) is 51.8 Å². The van der Waals surface area contributed by atoms with Crippen molar-refractivity contribution in [2.75, 3.05) is 11.9 Å². The van der Waals surface area contributed by atoms with Crippen LogP contribution in [0.2, 0.25) is 5.02 Å². The Morgan fingerprint density at radius 2 is 1.85 bits per heavy atom. The van der Waals surface area contributed by atoms with Crippen LogP contribution < -0.4 is 11.1 Å². The number of hydrogen-bond acceptors (Lipinski definition) is 8. The number of anilines is 1. The lowest BCUT2D eigenvalue weighted by molar-refractivity contribution is 0.0776. The Bertz CT molecular complexity index is 2250. The van der Waals surface area contributed by atoms with Crippen LogP contribution in [0.4, 0.5) is 14.6 Å². The number of carbonyl (C=O) groups is 1. The first-order chi connectivity index (χ1) is 22.8. The molecule has 6 aromatic rings. The minimum absolute atomic E-state index is 0.0538. The molecule has 13 heteroatoms. The highest BCUT2D eigenvalue weighted by Gasteiger charge is 2.44. The molecule has 1 saturated heterocycles. The summed E-state index contributed by atoms with van der Waals surface area (Å²) in [7, 11) is 0. The number of hydrogen-bond donors (Lipinski definition) is 2. The van der Waals surface area contributed by atoms with Crippen LogP contribution in [0.3, 0.4) is 0 Å². The Morgan fingerprint density at radius 1 is 1.02 bits per heavy atom. The molecule has 2 aromatic carbocycles. The number of nitrogens with one attached hydrogen (secondary N) is 2. The maximum Gasteiger partial charge on any atom is 0.439 e. The van der Waals surface area contributed by atoms with Crippen molar-refractivity contribution in [1.29, 1.82) is 0 Å². The summed E-state index contributed by atoms with van der Waals surface area (Å²) in [5, 5.41) is 8.30. The number of fused-ring (bicyclic) bond motifs is 4. The standard InChI is InChI=1S/C34H25ClF2N6O3S/c35-21-9-5-18(14-22(21)37)16-39-32-30-19(11-12-38-32)15-25(47-30)27-26(31-41-34(45)46-42-31)23(10-6-17-3-7-20(36)8-4-17)40-29-24-2-1-13-43(24)33(44)28(27)29/h3-5,7-9,11-12,14-15,24H,1-2,6,10,13,16H2,(H,38,39)(H,41,42,45). The summed E-state index contributed by atoms with van der Waals surface area (Å²) in [6.45, 7) is 0.947. The molecule has 236 valence electrons. The molecular formula is C34H25ClF2N6O3S. The first-order valence-electron chi connectivity index (χ1n) is 15.1. The zero-order valence-corrected chi connectivity index (χ0v) is 26.2. The van der Waals surface area contributed by atoms with Gasteiger partial charge in [-0.15, -0.1) is 11.3 Å². The van der Waals surface area contributed by atoms with Gasteiger partial charge in [0.1, 0.15) is 17.5 Å². The summed E-state index contributed by atoms with van der Waals surface area (Å²) in [5.74, 6) is -0.885. The number of rotatable bonds is 8. The molecule has 0 spiro atoms. The van der Waals surface area contributed by atoms with Crippen molar-refractivity contribution in [1.82, 2.24) is 25.0 Å². The maximum atomic E-state index is 14.1. The molecule has 0 aliphatic carbocycles. The summed E-state index contributed by atoms with van der Waals surface area (Å²) in [6.07, 6.45) is 4.36. The second kappa shape index (κ2) is 11.7. The molecule has 8 rings (SSSR count). The first-order valence-corrected chi connectivity index (χ1v) is 16.3. The van der Waals surface area contributed by atoms with Crippen molar-refractivity contribution in [3.05, 3.63) is 116 Å². The third-order valence-corrected chi connectivity index (χ3v) is 10.2. The van der Waals surface area contributed by atoms with Crippen molar-refractivity contribution in [3.63, 3.8) is 0 Å². The van der Waals surface area contributed by atoms with Crippen LogP contribution in [-0.2, 0) is 19.4 Å². The molecular weight excluding hydrogens is 646 g/mol. The Balaban J connectivity index is 1.28. The number of thiophene rings is 1. The summed E-state index contributed by atoms with van der Waals surface area (Å²) in [6, 6.07) is 14.7. The van der Waals surface area contributed by atoms with E-state index in [1.165, 1.54) is 35.6 Å². The molecule has 1 unspecified atom stereocenters. The van der Waals surface area contributed by atoms with Gasteiger partial charge in [-0.1, -0.05) is 35.0 Å². The largest absolute Gasteiger partial charge is 0.439 e. The van der Waals surface area contributed by atoms with Crippen molar-refractivity contribution in [2.24, 2.45) is 0 Å². The molecule has 9 nitrogen and oxygen atoms in total. The maximum absolute atomic E-state index is 14.1. The molecule has 47 heavy (non-hydrogen) atoms. The van der Waals surface area contributed by atoms with Crippen LogP contribution in [0.25, 0.3) is 31.9 Å². The highest BCUT2D eigenvalue weighted by molar-refractivity contribution is 7.23. The lowest BCUT2D eigenvalue weighted by atomic mass is 9.92. The van der Waals surface area contributed by atoms with Gasteiger partial charge in [0.2, 0.25) is 0 Å². The van der Waals surface area contributed by atoms with Crippen molar-refractivity contribution in [3.8, 4) is 21.8 Å². The molecule has 2 aliphatic rings. The lowest BCUT2D eigenvalue weighted by Gasteiger charge is -2.16. The molecule has 1 amide bonds. The van der Waals surface area contributed by atoms with Gasteiger partial charge in [-0.2, -0.15) is 0 Å². The van der Waals surface area contributed by atoms with Crippen molar-refractivity contribution >= 4 is 44.7 Å². The van der Waals surface area contributed by atoms with Gasteiger partial charge in [0.05, 0.1) is 38.3 Å². The average Bonchev–Trinajstić information content (AvgIpc) is 3.87. The Hall–Kier alpha value is -4.94. The van der Waals surface area contributed by atoms with E-state index in [-0.39, 0.29) is 28.6 Å². The zero-order valence-electron chi connectivity index (χ0n) is 24.6. The van der Waals surface area contributed by atoms with Crippen LogP contribution in [0.15, 0.2) is 70.1 Å². The van der Waals surface area contributed by atoms with E-state index in [9.17, 15) is 18.4 Å². The van der Waals surface area contributed by atoms with E-state index >= 15 is 0 Å². The van der Waals surface area contributed by atoms with Gasteiger partial charge in [-0.25, -0.2) is 18.6 Å². The lowest BCUT2D eigenvalue weighted by Crippen LogP contribution is -2.22. The number of aromatic amines is 1. The summed E-state index contributed by atoms with van der Waals surface area (Å²) < 4.78 is 33.5. The quantitative estimate of drug-likeness (QED) is 0.174. The number of carbonyl (C=O) groups excluding carboxylic acids is 1. The van der Waals surface area contributed by atoms with E-state index < -0.39 is 11.6 Å². The summed E-state index contributed by atoms with van der Waals surface area (Å²) in [4.78, 5) is 41.3. The molecule has 2 N–H and O–H groups in total. The van der Waals surface area contributed by atoms with Gasteiger partial charge in [0.25, 0.3) is 5.91 Å². The Kier molecular flexibility index (Phi) is 7.33. The van der Waals surface area contributed by atoms with Crippen molar-refractivity contribution < 1.29 is 18.1 Å². The van der Waals surface area contributed by atoms with Gasteiger partial charge >= 0.3 is 5.76 Å². The third kappa shape index (κ3) is 5.27. The van der Waals surface area contributed by atoms with Gasteiger partial charge in [-0.05, 0) is 78.6 Å². The molecule has 4 aromatic heterocycles. The second-order valence-corrected chi connectivity index (χ2v) is 13.0. The van der Waals surface area contributed by atoms with E-state index in [1.54, 1.807) is 24.4 Å². The van der Waals surface area contributed by atoms with Gasteiger partial charge in [0.15, 0.2) is 5.82 Å². The number of nitrogens with zero attached hydrogens (tertiary/aromatic N) is 4. The van der Waals surface area contributed by atoms with Crippen LogP contribution in [0, 0.1) is 11.6 Å². The van der Waals surface area contributed by atoms with Gasteiger partial charge < -0.3 is 10.2 Å². The SMILES string of the molecule is O=C1c2c(nc(CCc3ccc(F)cc3)c(-c3noc(=O)[nH]3)c2-c2cc3ccnc(NCc4ccc(Cl)c(F)c4)c3s2)C2CCCN12.